The molecule has 0 fully saturated rings. The van der Waals surface area contributed by atoms with Gasteiger partial charge in [-0.15, -0.1) is 0 Å². The van der Waals surface area contributed by atoms with Gasteiger partial charge in [0.25, 0.3) is 0 Å². The number of hydrogen-bond donors (Lipinski definition) is 2. The van der Waals surface area contributed by atoms with Crippen LogP contribution in [0.4, 0.5) is 5.69 Å². The van der Waals surface area contributed by atoms with E-state index in [1.807, 2.05) is 44.1 Å². The number of carboxylic acid groups (broad SMARTS) is 1. The highest BCUT2D eigenvalue weighted by Gasteiger charge is 2.19. The SMILES string of the molecule is Cc1nn(C)c(C)c1Cn1nc(C)c(NC(=O)Cn2nccc2C(=O)O)c1C. The lowest BCUT2D eigenvalue weighted by Gasteiger charge is -2.08. The second kappa shape index (κ2) is 7.29. The number of nitrogens with zero attached hydrogens (tertiary/aromatic N) is 6. The van der Waals surface area contributed by atoms with Gasteiger partial charge in [0.2, 0.25) is 5.91 Å². The van der Waals surface area contributed by atoms with Gasteiger partial charge in [-0.05, 0) is 33.8 Å². The van der Waals surface area contributed by atoms with Crippen molar-refractivity contribution in [2.24, 2.45) is 7.05 Å². The van der Waals surface area contributed by atoms with E-state index in [0.29, 0.717) is 17.9 Å². The molecule has 0 saturated heterocycles. The smallest absolute Gasteiger partial charge is 0.354 e. The average Bonchev–Trinajstić information content (AvgIpc) is 3.25. The molecular formula is C18H23N7O3. The summed E-state index contributed by atoms with van der Waals surface area (Å²) < 4.78 is 4.82. The highest BCUT2D eigenvalue weighted by molar-refractivity contribution is 5.92. The highest BCUT2D eigenvalue weighted by atomic mass is 16.4. The van der Waals surface area contributed by atoms with Gasteiger partial charge in [0, 0.05) is 24.5 Å². The minimum Gasteiger partial charge on any atom is -0.477 e. The molecule has 0 aliphatic carbocycles. The quantitative estimate of drug-likeness (QED) is 0.662. The van der Waals surface area contributed by atoms with Crippen molar-refractivity contribution in [1.82, 2.24) is 29.3 Å². The van der Waals surface area contributed by atoms with Crippen molar-refractivity contribution in [3.05, 3.63) is 46.3 Å². The summed E-state index contributed by atoms with van der Waals surface area (Å²) in [7, 11) is 1.90. The van der Waals surface area contributed by atoms with Gasteiger partial charge in [-0.3, -0.25) is 14.2 Å². The molecule has 0 spiro atoms. The Morgan fingerprint density at radius 3 is 2.39 bits per heavy atom. The van der Waals surface area contributed by atoms with Crippen molar-refractivity contribution >= 4 is 17.6 Å². The van der Waals surface area contributed by atoms with Gasteiger partial charge in [0.05, 0.1) is 29.3 Å². The first-order valence-electron chi connectivity index (χ1n) is 8.77. The summed E-state index contributed by atoms with van der Waals surface area (Å²) in [6, 6.07) is 1.35. The minimum atomic E-state index is -1.13. The fourth-order valence-corrected chi connectivity index (χ4v) is 3.18. The number of amides is 1. The van der Waals surface area contributed by atoms with Gasteiger partial charge in [-0.1, -0.05) is 0 Å². The van der Waals surface area contributed by atoms with Gasteiger partial charge >= 0.3 is 5.97 Å². The van der Waals surface area contributed by atoms with Crippen LogP contribution in [0.5, 0.6) is 0 Å². The molecule has 3 aromatic rings. The number of aromatic nitrogens is 6. The summed E-state index contributed by atoms with van der Waals surface area (Å²) in [6.45, 7) is 8.02. The number of rotatable bonds is 6. The zero-order valence-corrected chi connectivity index (χ0v) is 16.5. The molecule has 28 heavy (non-hydrogen) atoms. The lowest BCUT2D eigenvalue weighted by molar-refractivity contribution is -0.116. The first-order chi connectivity index (χ1) is 13.2. The van der Waals surface area contributed by atoms with Crippen LogP contribution >= 0.6 is 0 Å². The highest BCUT2D eigenvalue weighted by Crippen LogP contribution is 2.22. The van der Waals surface area contributed by atoms with Crippen LogP contribution in [0.1, 0.15) is 38.8 Å². The maximum atomic E-state index is 12.4. The Kier molecular flexibility index (Phi) is 5.04. The predicted octanol–water partition coefficient (Wildman–Crippen LogP) is 1.43. The third-order valence-electron chi connectivity index (χ3n) is 4.84. The molecule has 3 aromatic heterocycles. The number of nitrogens with one attached hydrogen (secondary N) is 1. The number of carboxylic acids is 1. The fourth-order valence-electron chi connectivity index (χ4n) is 3.18. The zero-order valence-electron chi connectivity index (χ0n) is 16.5. The maximum absolute atomic E-state index is 12.4. The molecule has 0 unspecified atom stereocenters. The van der Waals surface area contributed by atoms with Crippen molar-refractivity contribution in [1.29, 1.82) is 0 Å². The van der Waals surface area contributed by atoms with Crippen LogP contribution in [0.3, 0.4) is 0 Å². The second-order valence-corrected chi connectivity index (χ2v) is 6.70. The molecule has 0 aliphatic rings. The average molecular weight is 385 g/mol. The van der Waals surface area contributed by atoms with Crippen LogP contribution in [0, 0.1) is 27.7 Å². The summed E-state index contributed by atoms with van der Waals surface area (Å²) in [4.78, 5) is 23.6. The maximum Gasteiger partial charge on any atom is 0.354 e. The molecule has 2 N–H and O–H groups in total. The van der Waals surface area contributed by atoms with Crippen molar-refractivity contribution in [2.45, 2.75) is 40.8 Å². The molecule has 10 nitrogen and oxygen atoms in total. The van der Waals surface area contributed by atoms with Gasteiger partial charge in [0.1, 0.15) is 12.2 Å². The van der Waals surface area contributed by atoms with E-state index in [2.05, 4.69) is 20.6 Å². The number of anilines is 1. The molecular weight excluding hydrogens is 362 g/mol. The van der Waals surface area contributed by atoms with E-state index in [1.54, 1.807) is 0 Å². The monoisotopic (exact) mass is 385 g/mol. The molecule has 148 valence electrons. The van der Waals surface area contributed by atoms with Crippen molar-refractivity contribution in [3.8, 4) is 0 Å². The summed E-state index contributed by atoms with van der Waals surface area (Å²) in [5.41, 5.74) is 5.17. The Hall–Kier alpha value is -3.43. The van der Waals surface area contributed by atoms with Crippen molar-refractivity contribution < 1.29 is 14.7 Å². The standard InChI is InChI=1S/C18H23N7O3/c1-10-14(12(3)23(5)21-10)8-24-13(4)17(11(2)22-24)20-16(26)9-25-15(18(27)28)6-7-19-25/h6-7H,8-9H2,1-5H3,(H,20,26)(H,27,28). The molecule has 0 atom stereocenters. The van der Waals surface area contributed by atoms with Gasteiger partial charge in [0.15, 0.2) is 0 Å². The van der Waals surface area contributed by atoms with Gasteiger partial charge in [-0.2, -0.15) is 15.3 Å². The van der Waals surface area contributed by atoms with E-state index >= 15 is 0 Å². The Bertz CT molecular complexity index is 1060. The Morgan fingerprint density at radius 1 is 1.07 bits per heavy atom. The number of carbonyl (C=O) groups is 2. The Morgan fingerprint density at radius 2 is 1.79 bits per heavy atom. The van der Waals surface area contributed by atoms with Crippen LogP contribution in [0.2, 0.25) is 0 Å². The minimum absolute atomic E-state index is 0.0400. The van der Waals surface area contributed by atoms with E-state index < -0.39 is 5.97 Å². The summed E-state index contributed by atoms with van der Waals surface area (Å²) >= 11 is 0. The van der Waals surface area contributed by atoms with Crippen LogP contribution in [-0.4, -0.2) is 46.3 Å². The van der Waals surface area contributed by atoms with E-state index in [-0.39, 0.29) is 18.1 Å². The molecule has 0 aliphatic heterocycles. The van der Waals surface area contributed by atoms with Crippen LogP contribution < -0.4 is 5.32 Å². The molecule has 3 rings (SSSR count). The lowest BCUT2D eigenvalue weighted by atomic mass is 10.2. The molecule has 0 saturated carbocycles. The number of aryl methyl sites for hydroxylation is 3. The molecule has 1 amide bonds. The molecule has 0 bridgehead atoms. The first kappa shape index (κ1) is 19.3. The van der Waals surface area contributed by atoms with Crippen molar-refractivity contribution in [3.63, 3.8) is 0 Å². The molecule has 0 aromatic carbocycles. The van der Waals surface area contributed by atoms with E-state index in [4.69, 9.17) is 5.11 Å². The van der Waals surface area contributed by atoms with E-state index in [1.165, 1.54) is 12.3 Å². The van der Waals surface area contributed by atoms with Crippen molar-refractivity contribution in [2.75, 3.05) is 5.32 Å². The predicted molar refractivity (Wildman–Crippen MR) is 101 cm³/mol. The van der Waals surface area contributed by atoms with Crippen LogP contribution in [0.25, 0.3) is 0 Å². The molecule has 0 radical (unpaired) electrons. The summed E-state index contributed by atoms with van der Waals surface area (Å²) in [5, 5.41) is 24.8. The van der Waals surface area contributed by atoms with Gasteiger partial charge < -0.3 is 10.4 Å². The van der Waals surface area contributed by atoms with Crippen LogP contribution in [-0.2, 0) is 24.9 Å². The molecule has 10 heteroatoms. The van der Waals surface area contributed by atoms with E-state index in [9.17, 15) is 9.59 Å². The van der Waals surface area contributed by atoms with E-state index in [0.717, 1.165) is 27.3 Å². The Labute approximate surface area is 161 Å². The third-order valence-corrected chi connectivity index (χ3v) is 4.84. The number of aromatic carboxylic acids is 1. The van der Waals surface area contributed by atoms with Gasteiger partial charge in [-0.25, -0.2) is 9.48 Å². The third kappa shape index (κ3) is 3.53. The number of hydrogen-bond acceptors (Lipinski definition) is 5. The summed E-state index contributed by atoms with van der Waals surface area (Å²) in [5.74, 6) is -1.50. The topological polar surface area (TPSA) is 120 Å². The number of carbonyl (C=O) groups excluding carboxylic acids is 1. The fraction of sp³-hybridized carbons (Fsp3) is 0.389. The zero-order chi connectivity index (χ0) is 20.6. The normalized spacial score (nSPS) is 11.0. The van der Waals surface area contributed by atoms with Crippen LogP contribution in [0.15, 0.2) is 12.3 Å². The first-order valence-corrected chi connectivity index (χ1v) is 8.77. The molecule has 3 heterocycles. The Balaban J connectivity index is 1.79. The second-order valence-electron chi connectivity index (χ2n) is 6.70. The summed E-state index contributed by atoms with van der Waals surface area (Å²) in [6.07, 6.45) is 1.35. The lowest BCUT2D eigenvalue weighted by Crippen LogP contribution is -2.22. The largest absolute Gasteiger partial charge is 0.477 e.